The summed E-state index contributed by atoms with van der Waals surface area (Å²) in [5.74, 6) is 0.244. The molecule has 0 heterocycles. The lowest BCUT2D eigenvalue weighted by molar-refractivity contribution is -0.123. The molecule has 1 saturated carbocycles. The molecule has 2 N–H and O–H groups in total. The molecular formula is C9H17NO2. The number of hydrogen-bond acceptors (Lipinski definition) is 2. The number of amides is 1. The van der Waals surface area contributed by atoms with E-state index in [-0.39, 0.29) is 29.9 Å². The molecular weight excluding hydrogens is 154 g/mol. The zero-order valence-electron chi connectivity index (χ0n) is 7.92. The molecule has 1 aliphatic rings. The second-order valence-electron chi connectivity index (χ2n) is 4.34. The van der Waals surface area contributed by atoms with Crippen molar-refractivity contribution in [2.75, 3.05) is 6.61 Å². The Morgan fingerprint density at radius 2 is 2.25 bits per heavy atom. The van der Waals surface area contributed by atoms with Crippen LogP contribution in [-0.2, 0) is 4.79 Å². The highest BCUT2D eigenvalue weighted by molar-refractivity contribution is 5.82. The molecule has 0 aromatic carbocycles. The fraction of sp³-hybridized carbons (Fsp3) is 0.889. The summed E-state index contributed by atoms with van der Waals surface area (Å²) in [6.07, 6.45) is 0.969. The highest BCUT2D eigenvalue weighted by Crippen LogP contribution is 2.51. The molecule has 0 radical (unpaired) electrons. The van der Waals surface area contributed by atoms with Gasteiger partial charge in [-0.2, -0.15) is 0 Å². The number of rotatable bonds is 3. The zero-order chi connectivity index (χ0) is 9.35. The first-order valence-corrected chi connectivity index (χ1v) is 4.38. The minimum Gasteiger partial charge on any atom is -0.394 e. The lowest BCUT2D eigenvalue weighted by Gasteiger charge is -2.11. The van der Waals surface area contributed by atoms with Gasteiger partial charge in [0.05, 0.1) is 6.61 Å². The maximum Gasteiger partial charge on any atom is 0.223 e. The second kappa shape index (κ2) is 3.05. The number of aliphatic hydroxyl groups excluding tert-OH is 1. The Balaban J connectivity index is 2.32. The van der Waals surface area contributed by atoms with Crippen LogP contribution in [0.1, 0.15) is 27.2 Å². The highest BCUT2D eigenvalue weighted by Gasteiger charge is 2.50. The molecule has 0 bridgehead atoms. The summed E-state index contributed by atoms with van der Waals surface area (Å²) in [5.41, 5.74) is 0.180. The lowest BCUT2D eigenvalue weighted by Crippen LogP contribution is -2.36. The van der Waals surface area contributed by atoms with E-state index in [1.165, 1.54) is 0 Å². The molecule has 12 heavy (non-hydrogen) atoms. The maximum atomic E-state index is 11.4. The summed E-state index contributed by atoms with van der Waals surface area (Å²) in [6, 6.07) is -0.117. The summed E-state index contributed by atoms with van der Waals surface area (Å²) in [6.45, 7) is 5.98. The Bertz CT molecular complexity index is 189. The van der Waals surface area contributed by atoms with E-state index < -0.39 is 0 Å². The van der Waals surface area contributed by atoms with Crippen LogP contribution in [0, 0.1) is 11.3 Å². The van der Waals surface area contributed by atoms with Gasteiger partial charge < -0.3 is 10.4 Å². The monoisotopic (exact) mass is 171 g/mol. The molecule has 0 spiro atoms. The van der Waals surface area contributed by atoms with Crippen LogP contribution in [0.5, 0.6) is 0 Å². The average molecular weight is 171 g/mol. The quantitative estimate of drug-likeness (QED) is 0.650. The Morgan fingerprint density at radius 3 is 2.58 bits per heavy atom. The van der Waals surface area contributed by atoms with Crippen molar-refractivity contribution in [3.8, 4) is 0 Å². The molecule has 1 amide bonds. The molecule has 0 aromatic rings. The van der Waals surface area contributed by atoms with Crippen LogP contribution in [0.15, 0.2) is 0 Å². The van der Waals surface area contributed by atoms with Crippen LogP contribution in [0.25, 0.3) is 0 Å². The fourth-order valence-corrected chi connectivity index (χ4v) is 1.30. The summed E-state index contributed by atoms with van der Waals surface area (Å²) >= 11 is 0. The van der Waals surface area contributed by atoms with Gasteiger partial charge in [0.25, 0.3) is 0 Å². The Hall–Kier alpha value is -0.570. The van der Waals surface area contributed by atoms with Crippen LogP contribution in [0.4, 0.5) is 0 Å². The van der Waals surface area contributed by atoms with E-state index in [1.54, 1.807) is 6.92 Å². The topological polar surface area (TPSA) is 49.3 Å². The van der Waals surface area contributed by atoms with E-state index in [0.29, 0.717) is 0 Å². The van der Waals surface area contributed by atoms with Gasteiger partial charge in [-0.1, -0.05) is 13.8 Å². The molecule has 3 heteroatoms. The van der Waals surface area contributed by atoms with Crippen LogP contribution in [0.3, 0.4) is 0 Å². The Kier molecular flexibility index (Phi) is 2.42. The van der Waals surface area contributed by atoms with Crippen molar-refractivity contribution in [2.24, 2.45) is 11.3 Å². The molecule has 1 aliphatic carbocycles. The van der Waals surface area contributed by atoms with Gasteiger partial charge in [-0.15, -0.1) is 0 Å². The zero-order valence-corrected chi connectivity index (χ0v) is 7.92. The predicted molar refractivity (Wildman–Crippen MR) is 46.6 cm³/mol. The van der Waals surface area contributed by atoms with Crippen molar-refractivity contribution in [3.63, 3.8) is 0 Å². The minimum absolute atomic E-state index is 0.0128. The number of aliphatic hydroxyl groups is 1. The van der Waals surface area contributed by atoms with Crippen molar-refractivity contribution < 1.29 is 9.90 Å². The van der Waals surface area contributed by atoms with Crippen LogP contribution >= 0.6 is 0 Å². The number of hydrogen-bond donors (Lipinski definition) is 2. The van der Waals surface area contributed by atoms with Crippen molar-refractivity contribution in [3.05, 3.63) is 0 Å². The van der Waals surface area contributed by atoms with Crippen LogP contribution < -0.4 is 5.32 Å². The smallest absolute Gasteiger partial charge is 0.223 e. The molecule has 0 saturated heterocycles. The molecule has 0 aromatic heterocycles. The molecule has 0 unspecified atom stereocenters. The van der Waals surface area contributed by atoms with E-state index in [4.69, 9.17) is 5.11 Å². The van der Waals surface area contributed by atoms with Crippen molar-refractivity contribution >= 4 is 5.91 Å². The third kappa shape index (κ3) is 1.97. The van der Waals surface area contributed by atoms with Gasteiger partial charge in [-0.05, 0) is 18.8 Å². The normalized spacial score (nSPS) is 27.8. The third-order valence-corrected chi connectivity index (χ3v) is 2.49. The van der Waals surface area contributed by atoms with Gasteiger partial charge in [0.15, 0.2) is 0 Å². The Labute approximate surface area is 73.2 Å². The average Bonchev–Trinajstić information content (AvgIpc) is 2.59. The van der Waals surface area contributed by atoms with Crippen LogP contribution in [0.2, 0.25) is 0 Å². The molecule has 1 fully saturated rings. The minimum atomic E-state index is -0.117. The van der Waals surface area contributed by atoms with E-state index in [2.05, 4.69) is 19.2 Å². The van der Waals surface area contributed by atoms with E-state index in [0.717, 1.165) is 6.42 Å². The molecule has 3 nitrogen and oxygen atoms in total. The number of carbonyl (C=O) groups excluding carboxylic acids is 1. The van der Waals surface area contributed by atoms with Crippen molar-refractivity contribution in [2.45, 2.75) is 33.2 Å². The van der Waals surface area contributed by atoms with Gasteiger partial charge in [-0.25, -0.2) is 0 Å². The van der Waals surface area contributed by atoms with Crippen molar-refractivity contribution in [1.82, 2.24) is 5.32 Å². The van der Waals surface area contributed by atoms with Gasteiger partial charge >= 0.3 is 0 Å². The van der Waals surface area contributed by atoms with Crippen LogP contribution in [-0.4, -0.2) is 23.7 Å². The second-order valence-corrected chi connectivity index (χ2v) is 4.34. The Morgan fingerprint density at radius 1 is 1.75 bits per heavy atom. The van der Waals surface area contributed by atoms with Crippen molar-refractivity contribution in [1.29, 1.82) is 0 Å². The van der Waals surface area contributed by atoms with Gasteiger partial charge in [-0.3, -0.25) is 4.79 Å². The van der Waals surface area contributed by atoms with Gasteiger partial charge in [0.2, 0.25) is 5.91 Å². The first-order valence-electron chi connectivity index (χ1n) is 4.38. The predicted octanol–water partition coefficient (Wildman–Crippen LogP) is 0.529. The number of carbonyl (C=O) groups is 1. The van der Waals surface area contributed by atoms with Gasteiger partial charge in [0, 0.05) is 12.0 Å². The SMILES string of the molecule is C[C@@H](CO)NC(=O)[C@H]1CC1(C)C. The third-order valence-electron chi connectivity index (χ3n) is 2.49. The largest absolute Gasteiger partial charge is 0.394 e. The van der Waals surface area contributed by atoms with Gasteiger partial charge in [0.1, 0.15) is 0 Å². The summed E-state index contributed by atoms with van der Waals surface area (Å²) in [5, 5.41) is 11.5. The molecule has 0 aliphatic heterocycles. The van der Waals surface area contributed by atoms with E-state index in [1.807, 2.05) is 0 Å². The first kappa shape index (κ1) is 9.52. The molecule has 2 atom stereocenters. The lowest BCUT2D eigenvalue weighted by atomic mass is 10.1. The molecule has 1 rings (SSSR count). The summed E-state index contributed by atoms with van der Waals surface area (Å²) in [4.78, 5) is 11.4. The summed E-state index contributed by atoms with van der Waals surface area (Å²) in [7, 11) is 0. The van der Waals surface area contributed by atoms with E-state index >= 15 is 0 Å². The summed E-state index contributed by atoms with van der Waals surface area (Å²) < 4.78 is 0. The fourth-order valence-electron chi connectivity index (χ4n) is 1.30. The highest BCUT2D eigenvalue weighted by atomic mass is 16.3. The maximum absolute atomic E-state index is 11.4. The standard InChI is InChI=1S/C9H17NO2/c1-6(5-11)10-8(12)7-4-9(7,2)3/h6-7,11H,4-5H2,1-3H3,(H,10,12)/t6-,7+/m0/s1. The molecule has 70 valence electrons. The first-order chi connectivity index (χ1) is 5.47. The van der Waals surface area contributed by atoms with E-state index in [9.17, 15) is 4.79 Å². The number of nitrogens with one attached hydrogen (secondary N) is 1.